The Labute approximate surface area is 114 Å². The van der Waals surface area contributed by atoms with Crippen molar-refractivity contribution in [3.05, 3.63) is 12.2 Å². The highest BCUT2D eigenvalue weighted by atomic mass is 16.5. The fourth-order valence-corrected chi connectivity index (χ4v) is 2.87. The number of ether oxygens (including phenoxy) is 1. The zero-order valence-electron chi connectivity index (χ0n) is 11.6. The number of nitrogens with zero attached hydrogens (tertiary/aromatic N) is 1. The van der Waals surface area contributed by atoms with Crippen LogP contribution in [0.5, 0.6) is 0 Å². The van der Waals surface area contributed by atoms with E-state index >= 15 is 0 Å². The van der Waals surface area contributed by atoms with Gasteiger partial charge >= 0.3 is 5.97 Å². The van der Waals surface area contributed by atoms with Crippen molar-refractivity contribution in [2.24, 2.45) is 11.8 Å². The van der Waals surface area contributed by atoms with Gasteiger partial charge in [-0.1, -0.05) is 12.2 Å². The third kappa shape index (κ3) is 3.82. The average Bonchev–Trinajstić information content (AvgIpc) is 2.92. The molecule has 106 valence electrons. The van der Waals surface area contributed by atoms with Crippen LogP contribution in [-0.4, -0.2) is 36.5 Å². The molecule has 2 rings (SSSR count). The largest absolute Gasteiger partial charge is 0.466 e. The van der Waals surface area contributed by atoms with Crippen LogP contribution in [0.15, 0.2) is 12.2 Å². The molecule has 0 radical (unpaired) electrons. The van der Waals surface area contributed by atoms with Gasteiger partial charge in [0.15, 0.2) is 0 Å². The molecule has 0 aromatic rings. The molecule has 4 heteroatoms. The molecular formula is C15H23NO3. The summed E-state index contributed by atoms with van der Waals surface area (Å²) < 4.78 is 5.05. The van der Waals surface area contributed by atoms with Crippen LogP contribution in [0.2, 0.25) is 0 Å². The maximum Gasteiger partial charge on any atom is 0.310 e. The summed E-state index contributed by atoms with van der Waals surface area (Å²) >= 11 is 0. The van der Waals surface area contributed by atoms with Crippen LogP contribution in [0.4, 0.5) is 0 Å². The highest BCUT2D eigenvalue weighted by Gasteiger charge is 2.30. The van der Waals surface area contributed by atoms with E-state index in [4.69, 9.17) is 4.74 Å². The molecule has 0 aromatic heterocycles. The number of esters is 1. The van der Waals surface area contributed by atoms with E-state index in [1.165, 1.54) is 0 Å². The van der Waals surface area contributed by atoms with Gasteiger partial charge in [-0.25, -0.2) is 0 Å². The van der Waals surface area contributed by atoms with E-state index in [-0.39, 0.29) is 17.8 Å². The van der Waals surface area contributed by atoms with Gasteiger partial charge in [0.2, 0.25) is 5.91 Å². The third-order valence-electron chi connectivity index (χ3n) is 3.94. The van der Waals surface area contributed by atoms with E-state index in [2.05, 4.69) is 12.2 Å². The molecule has 4 nitrogen and oxygen atoms in total. The van der Waals surface area contributed by atoms with E-state index < -0.39 is 0 Å². The molecule has 0 spiro atoms. The zero-order chi connectivity index (χ0) is 13.7. The molecule has 2 aliphatic rings. The number of allylic oxidation sites excluding steroid dienone is 2. The second kappa shape index (κ2) is 6.73. The highest BCUT2D eigenvalue weighted by Crippen LogP contribution is 2.24. The number of hydrogen-bond acceptors (Lipinski definition) is 3. The maximum absolute atomic E-state index is 12.2. The molecule has 0 aromatic carbocycles. The predicted octanol–water partition coefficient (Wildman–Crippen LogP) is 2.14. The normalized spacial score (nSPS) is 26.5. The number of piperidine rings is 1. The lowest BCUT2D eigenvalue weighted by atomic mass is 9.96. The zero-order valence-corrected chi connectivity index (χ0v) is 11.6. The summed E-state index contributed by atoms with van der Waals surface area (Å²) in [4.78, 5) is 25.8. The monoisotopic (exact) mass is 265 g/mol. The Kier molecular flexibility index (Phi) is 5.00. The summed E-state index contributed by atoms with van der Waals surface area (Å²) in [5.74, 6) is 0.304. The number of carbonyl (C=O) groups is 2. The van der Waals surface area contributed by atoms with Crippen molar-refractivity contribution >= 4 is 11.9 Å². The van der Waals surface area contributed by atoms with Crippen LogP contribution in [0, 0.1) is 11.8 Å². The topological polar surface area (TPSA) is 46.6 Å². The molecule has 1 amide bonds. The number of likely N-dealkylation sites (tertiary alicyclic amines) is 1. The second-order valence-corrected chi connectivity index (χ2v) is 5.40. The van der Waals surface area contributed by atoms with Gasteiger partial charge in [-0.05, 0) is 38.5 Å². The van der Waals surface area contributed by atoms with E-state index in [1.54, 1.807) is 0 Å². The molecule has 1 aliphatic carbocycles. The fraction of sp³-hybridized carbons (Fsp3) is 0.733. The summed E-state index contributed by atoms with van der Waals surface area (Å²) in [5, 5.41) is 0. The first-order chi connectivity index (χ1) is 9.20. The fourth-order valence-electron chi connectivity index (χ4n) is 2.87. The van der Waals surface area contributed by atoms with Gasteiger partial charge in [0.1, 0.15) is 0 Å². The predicted molar refractivity (Wildman–Crippen MR) is 72.4 cm³/mol. The van der Waals surface area contributed by atoms with Gasteiger partial charge < -0.3 is 9.64 Å². The van der Waals surface area contributed by atoms with Crippen LogP contribution < -0.4 is 0 Å². The maximum atomic E-state index is 12.2. The standard InChI is InChI=1S/C15H23NO3/c1-2-19-15(18)13-8-5-9-16(11-13)14(17)10-12-6-3-4-7-12/h3,6,12-13H,2,4-5,7-11H2,1H3. The van der Waals surface area contributed by atoms with Crippen LogP contribution >= 0.6 is 0 Å². The smallest absolute Gasteiger partial charge is 0.310 e. The number of amides is 1. The lowest BCUT2D eigenvalue weighted by Gasteiger charge is -2.32. The summed E-state index contributed by atoms with van der Waals surface area (Å²) in [6.07, 6.45) is 8.79. The van der Waals surface area contributed by atoms with E-state index in [9.17, 15) is 9.59 Å². The Morgan fingerprint density at radius 3 is 2.89 bits per heavy atom. The van der Waals surface area contributed by atoms with Crippen molar-refractivity contribution in [2.45, 2.75) is 39.0 Å². The molecule has 1 aliphatic heterocycles. The van der Waals surface area contributed by atoms with Crippen LogP contribution in [0.25, 0.3) is 0 Å². The number of rotatable bonds is 4. The number of carbonyl (C=O) groups excluding carboxylic acids is 2. The summed E-state index contributed by atoms with van der Waals surface area (Å²) in [6, 6.07) is 0. The van der Waals surface area contributed by atoms with Crippen molar-refractivity contribution < 1.29 is 14.3 Å². The number of hydrogen-bond donors (Lipinski definition) is 0. The highest BCUT2D eigenvalue weighted by molar-refractivity contribution is 5.79. The molecule has 19 heavy (non-hydrogen) atoms. The second-order valence-electron chi connectivity index (χ2n) is 5.40. The first-order valence-corrected chi connectivity index (χ1v) is 7.31. The van der Waals surface area contributed by atoms with Crippen molar-refractivity contribution in [3.63, 3.8) is 0 Å². The molecule has 2 atom stereocenters. The van der Waals surface area contributed by atoms with E-state index in [0.29, 0.717) is 25.5 Å². The first kappa shape index (κ1) is 14.1. The van der Waals surface area contributed by atoms with Gasteiger partial charge in [0.25, 0.3) is 0 Å². The van der Waals surface area contributed by atoms with Gasteiger partial charge in [0.05, 0.1) is 12.5 Å². The van der Waals surface area contributed by atoms with Crippen LogP contribution in [0.1, 0.15) is 39.0 Å². The third-order valence-corrected chi connectivity index (χ3v) is 3.94. The average molecular weight is 265 g/mol. The Hall–Kier alpha value is -1.32. The molecule has 0 bridgehead atoms. The molecule has 0 N–H and O–H groups in total. The Balaban J connectivity index is 1.84. The molecule has 2 unspecified atom stereocenters. The summed E-state index contributed by atoms with van der Waals surface area (Å²) in [7, 11) is 0. The van der Waals surface area contributed by atoms with Crippen LogP contribution in [-0.2, 0) is 14.3 Å². The van der Waals surface area contributed by atoms with Crippen LogP contribution in [0.3, 0.4) is 0 Å². The lowest BCUT2D eigenvalue weighted by Crippen LogP contribution is -2.43. The van der Waals surface area contributed by atoms with Crippen molar-refractivity contribution in [3.8, 4) is 0 Å². The molecular weight excluding hydrogens is 242 g/mol. The minimum absolute atomic E-state index is 0.128. The lowest BCUT2D eigenvalue weighted by molar-refractivity contribution is -0.151. The van der Waals surface area contributed by atoms with Gasteiger partial charge in [-0.2, -0.15) is 0 Å². The Bertz CT molecular complexity index is 364. The van der Waals surface area contributed by atoms with Gasteiger partial charge in [-0.15, -0.1) is 0 Å². The van der Waals surface area contributed by atoms with E-state index in [0.717, 1.165) is 32.2 Å². The first-order valence-electron chi connectivity index (χ1n) is 7.31. The molecule has 1 heterocycles. The van der Waals surface area contributed by atoms with Gasteiger partial charge in [-0.3, -0.25) is 9.59 Å². The Morgan fingerprint density at radius 1 is 1.37 bits per heavy atom. The van der Waals surface area contributed by atoms with Crippen molar-refractivity contribution in [2.75, 3.05) is 19.7 Å². The van der Waals surface area contributed by atoms with Gasteiger partial charge in [0, 0.05) is 19.5 Å². The SMILES string of the molecule is CCOC(=O)C1CCCN(C(=O)CC2C=CCC2)C1. The Morgan fingerprint density at radius 2 is 2.21 bits per heavy atom. The minimum Gasteiger partial charge on any atom is -0.466 e. The van der Waals surface area contributed by atoms with E-state index in [1.807, 2.05) is 11.8 Å². The summed E-state index contributed by atoms with van der Waals surface area (Å²) in [6.45, 7) is 3.55. The molecule has 0 saturated carbocycles. The minimum atomic E-state index is -0.152. The molecule has 1 saturated heterocycles. The van der Waals surface area contributed by atoms with Crippen molar-refractivity contribution in [1.82, 2.24) is 4.90 Å². The summed E-state index contributed by atoms with van der Waals surface area (Å²) in [5.41, 5.74) is 0. The molecule has 1 fully saturated rings. The van der Waals surface area contributed by atoms with Crippen molar-refractivity contribution in [1.29, 1.82) is 0 Å². The quantitative estimate of drug-likeness (QED) is 0.578.